The molecule has 0 radical (unpaired) electrons. The zero-order valence-electron chi connectivity index (χ0n) is 16.6. The Hall–Kier alpha value is -3.46. The first-order chi connectivity index (χ1) is 15.6. The van der Waals surface area contributed by atoms with Crippen LogP contribution in [0.25, 0.3) is 0 Å². The van der Waals surface area contributed by atoms with Crippen LogP contribution < -0.4 is 9.62 Å². The molecule has 0 aliphatic carbocycles. The molecule has 0 spiro atoms. The summed E-state index contributed by atoms with van der Waals surface area (Å²) in [6, 6.07) is 17.4. The number of nitriles is 1. The van der Waals surface area contributed by atoms with Gasteiger partial charge in [0, 0.05) is 10.5 Å². The number of hydrogen-bond acceptors (Lipinski definition) is 6. The van der Waals surface area contributed by atoms with E-state index in [2.05, 4.69) is 21.2 Å². The molecule has 0 saturated heterocycles. The fraction of sp³-hybridized carbons (Fsp3) is 0.0476. The Bertz CT molecular complexity index is 1370. The molecule has 0 saturated carbocycles. The van der Waals surface area contributed by atoms with Crippen LogP contribution in [0.3, 0.4) is 0 Å². The first-order valence-corrected chi connectivity index (χ1v) is 11.8. The third-order valence-electron chi connectivity index (χ3n) is 4.43. The summed E-state index contributed by atoms with van der Waals surface area (Å²) in [5, 5.41) is 22.8. The first kappa shape index (κ1) is 24.2. The van der Waals surface area contributed by atoms with Gasteiger partial charge in [-0.05, 0) is 48.5 Å². The largest absolute Gasteiger partial charge is 0.323 e. The molecule has 3 aromatic carbocycles. The predicted octanol–water partition coefficient (Wildman–Crippen LogP) is 4.72. The molecule has 0 heterocycles. The highest BCUT2D eigenvalue weighted by Crippen LogP contribution is 2.31. The monoisotopic (exact) mass is 548 g/mol. The van der Waals surface area contributed by atoms with E-state index in [1.807, 2.05) is 6.07 Å². The van der Waals surface area contributed by atoms with Gasteiger partial charge in [-0.1, -0.05) is 39.7 Å². The maximum absolute atomic E-state index is 13.4. The number of carbonyl (C=O) groups excluding carboxylic acids is 1. The Morgan fingerprint density at radius 3 is 2.45 bits per heavy atom. The van der Waals surface area contributed by atoms with E-state index in [0.29, 0.717) is 4.47 Å². The lowest BCUT2D eigenvalue weighted by atomic mass is 10.2. The van der Waals surface area contributed by atoms with Crippen LogP contribution in [0.4, 0.5) is 17.1 Å². The van der Waals surface area contributed by atoms with Crippen LogP contribution in [-0.2, 0) is 14.8 Å². The van der Waals surface area contributed by atoms with Crippen molar-refractivity contribution in [2.75, 3.05) is 16.2 Å². The van der Waals surface area contributed by atoms with Gasteiger partial charge >= 0.3 is 0 Å². The fourth-order valence-corrected chi connectivity index (χ4v) is 4.74. The molecule has 9 nitrogen and oxygen atoms in total. The van der Waals surface area contributed by atoms with E-state index < -0.39 is 38.0 Å². The van der Waals surface area contributed by atoms with Gasteiger partial charge in [-0.15, -0.1) is 0 Å². The average Bonchev–Trinajstić information content (AvgIpc) is 2.78. The summed E-state index contributed by atoms with van der Waals surface area (Å²) in [4.78, 5) is 22.8. The summed E-state index contributed by atoms with van der Waals surface area (Å²) < 4.78 is 28.4. The second kappa shape index (κ2) is 9.99. The number of carbonyl (C=O) groups is 1. The summed E-state index contributed by atoms with van der Waals surface area (Å²) in [5.74, 6) is -0.715. The number of anilines is 2. The van der Waals surface area contributed by atoms with Crippen LogP contribution in [0, 0.1) is 21.4 Å². The van der Waals surface area contributed by atoms with Crippen LogP contribution in [0.1, 0.15) is 5.56 Å². The van der Waals surface area contributed by atoms with Gasteiger partial charge < -0.3 is 5.32 Å². The minimum atomic E-state index is -4.41. The highest BCUT2D eigenvalue weighted by Gasteiger charge is 2.29. The lowest BCUT2D eigenvalue weighted by molar-refractivity contribution is -0.384. The molecule has 3 rings (SSSR count). The number of halogens is 2. The topological polar surface area (TPSA) is 133 Å². The molecule has 3 aromatic rings. The Kier molecular flexibility index (Phi) is 7.33. The van der Waals surface area contributed by atoms with Gasteiger partial charge in [0.1, 0.15) is 17.6 Å². The van der Waals surface area contributed by atoms with Crippen molar-refractivity contribution in [3.8, 4) is 6.07 Å². The van der Waals surface area contributed by atoms with Gasteiger partial charge in [-0.2, -0.15) is 5.26 Å². The van der Waals surface area contributed by atoms with Crippen LogP contribution in [0.5, 0.6) is 0 Å². The number of nitrogens with zero attached hydrogens (tertiary/aromatic N) is 3. The van der Waals surface area contributed by atoms with Gasteiger partial charge in [0.25, 0.3) is 15.7 Å². The summed E-state index contributed by atoms with van der Waals surface area (Å²) in [6.07, 6.45) is 0. The van der Waals surface area contributed by atoms with Gasteiger partial charge in [0.2, 0.25) is 5.91 Å². The number of para-hydroxylation sites is 1. The minimum Gasteiger partial charge on any atom is -0.323 e. The highest BCUT2D eigenvalue weighted by atomic mass is 79.9. The van der Waals surface area contributed by atoms with Crippen molar-refractivity contribution in [1.29, 1.82) is 5.26 Å². The van der Waals surface area contributed by atoms with Gasteiger partial charge in [-0.3, -0.25) is 19.2 Å². The van der Waals surface area contributed by atoms with Gasteiger partial charge in [0.05, 0.1) is 26.8 Å². The van der Waals surface area contributed by atoms with Crippen LogP contribution in [0.15, 0.2) is 76.1 Å². The van der Waals surface area contributed by atoms with Crippen molar-refractivity contribution in [2.24, 2.45) is 0 Å². The molecule has 0 atom stereocenters. The number of nitro benzene ring substituents is 1. The predicted molar refractivity (Wildman–Crippen MR) is 127 cm³/mol. The van der Waals surface area contributed by atoms with Crippen molar-refractivity contribution < 1.29 is 18.1 Å². The lowest BCUT2D eigenvalue weighted by Crippen LogP contribution is -2.38. The molecule has 1 N–H and O–H groups in total. The smallest absolute Gasteiger partial charge is 0.289 e. The number of rotatable bonds is 7. The zero-order chi connectivity index (χ0) is 24.2. The number of amides is 1. The standard InChI is InChI=1S/C21H14BrClN4O5S/c22-15-5-7-16(8-6-15)26(13-21(28)25-19-4-2-1-3-14(19)12-24)33(31,32)17-9-10-18(23)20(11-17)27(29)30/h1-11H,13H2,(H,25,28). The van der Waals surface area contributed by atoms with Gasteiger partial charge in [-0.25, -0.2) is 8.42 Å². The third-order valence-corrected chi connectivity index (χ3v) is 7.04. The summed E-state index contributed by atoms with van der Waals surface area (Å²) in [6.45, 7) is -0.653. The highest BCUT2D eigenvalue weighted by molar-refractivity contribution is 9.10. The number of nitro groups is 1. The molecular weight excluding hydrogens is 536 g/mol. The summed E-state index contributed by atoms with van der Waals surface area (Å²) in [7, 11) is -4.41. The van der Waals surface area contributed by atoms with Crippen molar-refractivity contribution in [3.05, 3.63) is 91.9 Å². The molecule has 33 heavy (non-hydrogen) atoms. The molecule has 1 amide bonds. The van der Waals surface area contributed by atoms with E-state index in [1.165, 1.54) is 24.3 Å². The minimum absolute atomic E-state index is 0.152. The van der Waals surface area contributed by atoms with Crippen molar-refractivity contribution in [3.63, 3.8) is 0 Å². The number of sulfonamides is 1. The molecule has 0 aliphatic heterocycles. The third kappa shape index (κ3) is 5.48. The average molecular weight is 550 g/mol. The second-order valence-corrected chi connectivity index (χ2v) is 9.75. The Morgan fingerprint density at radius 1 is 1.15 bits per heavy atom. The molecule has 0 aromatic heterocycles. The summed E-state index contributed by atoms with van der Waals surface area (Å²) >= 11 is 9.08. The van der Waals surface area contributed by atoms with Crippen molar-refractivity contribution in [2.45, 2.75) is 4.90 Å². The van der Waals surface area contributed by atoms with Gasteiger partial charge in [0.15, 0.2) is 0 Å². The Morgan fingerprint density at radius 2 is 1.82 bits per heavy atom. The second-order valence-electron chi connectivity index (χ2n) is 6.56. The van der Waals surface area contributed by atoms with Crippen LogP contribution in [0.2, 0.25) is 5.02 Å². The molecule has 0 unspecified atom stereocenters. The molecule has 12 heteroatoms. The van der Waals surface area contributed by atoms with E-state index >= 15 is 0 Å². The molecule has 168 valence electrons. The molecule has 0 aliphatic rings. The Balaban J connectivity index is 2.02. The van der Waals surface area contributed by atoms with E-state index in [0.717, 1.165) is 22.5 Å². The SMILES string of the molecule is N#Cc1ccccc1NC(=O)CN(c1ccc(Br)cc1)S(=O)(=O)c1ccc(Cl)c([N+](=O)[O-])c1. The zero-order valence-corrected chi connectivity index (χ0v) is 19.8. The van der Waals surface area contributed by atoms with Crippen molar-refractivity contribution >= 4 is 60.5 Å². The molecular formula is C21H14BrClN4O5S. The fourth-order valence-electron chi connectivity index (χ4n) is 2.85. The van der Waals surface area contributed by atoms with E-state index in [-0.39, 0.29) is 22.0 Å². The van der Waals surface area contributed by atoms with Crippen molar-refractivity contribution in [1.82, 2.24) is 0 Å². The Labute approximate surface area is 202 Å². The number of nitrogens with one attached hydrogen (secondary N) is 1. The first-order valence-electron chi connectivity index (χ1n) is 9.14. The van der Waals surface area contributed by atoms with E-state index in [1.54, 1.807) is 24.3 Å². The number of hydrogen-bond donors (Lipinski definition) is 1. The molecule has 0 fully saturated rings. The number of benzene rings is 3. The maximum Gasteiger partial charge on any atom is 0.289 e. The molecule has 0 bridgehead atoms. The van der Waals surface area contributed by atoms with E-state index in [9.17, 15) is 28.6 Å². The van der Waals surface area contributed by atoms with Crippen LogP contribution >= 0.6 is 27.5 Å². The van der Waals surface area contributed by atoms with Crippen LogP contribution in [-0.4, -0.2) is 25.8 Å². The summed E-state index contributed by atoms with van der Waals surface area (Å²) in [5.41, 5.74) is -0.00192. The lowest BCUT2D eigenvalue weighted by Gasteiger charge is -2.24. The normalized spacial score (nSPS) is 10.8. The maximum atomic E-state index is 13.4. The van der Waals surface area contributed by atoms with E-state index in [4.69, 9.17) is 11.6 Å². The quantitative estimate of drug-likeness (QED) is 0.335.